The van der Waals surface area contributed by atoms with E-state index in [1.54, 1.807) is 30.3 Å². The number of para-hydroxylation sites is 1. The maximum atomic E-state index is 13.6. The van der Waals surface area contributed by atoms with E-state index in [1.807, 2.05) is 6.07 Å². The first-order valence-electron chi connectivity index (χ1n) is 6.23. The van der Waals surface area contributed by atoms with Crippen molar-refractivity contribution in [3.8, 4) is 11.8 Å². The van der Waals surface area contributed by atoms with Gasteiger partial charge in [-0.25, -0.2) is 8.78 Å². The summed E-state index contributed by atoms with van der Waals surface area (Å²) < 4.78 is 32.2. The minimum atomic E-state index is -0.608. The Kier molecular flexibility index (Phi) is 4.67. The fourth-order valence-electron chi connectivity index (χ4n) is 1.90. The van der Waals surface area contributed by atoms with Crippen molar-refractivity contribution in [1.29, 1.82) is 5.26 Å². The summed E-state index contributed by atoms with van der Waals surface area (Å²) in [4.78, 5) is 0. The molecule has 0 spiro atoms. The molecule has 0 saturated heterocycles. The van der Waals surface area contributed by atoms with Crippen LogP contribution < -0.4 is 4.74 Å². The van der Waals surface area contributed by atoms with Gasteiger partial charge in [-0.05, 0) is 18.2 Å². The van der Waals surface area contributed by atoms with Gasteiger partial charge in [0.2, 0.25) is 0 Å². The highest BCUT2D eigenvalue weighted by Crippen LogP contribution is 2.23. The zero-order valence-corrected chi connectivity index (χ0v) is 10.7. The van der Waals surface area contributed by atoms with Crippen molar-refractivity contribution in [2.75, 3.05) is 6.61 Å². The van der Waals surface area contributed by atoms with Crippen LogP contribution in [0.15, 0.2) is 48.5 Å². The number of hydrogen-bond donors (Lipinski definition) is 0. The standard InChI is InChI=1S/C16H13F2NO/c17-14-6-2-1-5-13(14)12(11-19)9-10-20-16-8-4-3-7-15(16)18/h1-8,12H,9-10H2. The summed E-state index contributed by atoms with van der Waals surface area (Å²) in [7, 11) is 0. The Morgan fingerprint density at radius 2 is 1.65 bits per heavy atom. The third-order valence-electron chi connectivity index (χ3n) is 2.94. The van der Waals surface area contributed by atoms with E-state index >= 15 is 0 Å². The fourth-order valence-corrected chi connectivity index (χ4v) is 1.90. The molecule has 102 valence electrons. The van der Waals surface area contributed by atoms with Crippen molar-refractivity contribution >= 4 is 0 Å². The molecular formula is C16H13F2NO. The Bertz CT molecular complexity index is 622. The Hall–Kier alpha value is -2.41. The van der Waals surface area contributed by atoms with Gasteiger partial charge in [0.05, 0.1) is 18.6 Å². The fraction of sp³-hybridized carbons (Fsp3) is 0.188. The lowest BCUT2D eigenvalue weighted by Crippen LogP contribution is -2.06. The lowest BCUT2D eigenvalue weighted by Gasteiger charge is -2.11. The van der Waals surface area contributed by atoms with Crippen molar-refractivity contribution in [2.24, 2.45) is 0 Å². The van der Waals surface area contributed by atoms with Gasteiger partial charge in [0.25, 0.3) is 0 Å². The van der Waals surface area contributed by atoms with Crippen LogP contribution in [0.1, 0.15) is 17.9 Å². The van der Waals surface area contributed by atoms with Crippen molar-refractivity contribution in [2.45, 2.75) is 12.3 Å². The molecule has 0 aliphatic carbocycles. The van der Waals surface area contributed by atoms with Gasteiger partial charge in [-0.2, -0.15) is 5.26 Å². The van der Waals surface area contributed by atoms with E-state index in [9.17, 15) is 8.78 Å². The number of nitriles is 1. The number of rotatable bonds is 5. The highest BCUT2D eigenvalue weighted by molar-refractivity contribution is 5.27. The summed E-state index contributed by atoms with van der Waals surface area (Å²) in [6, 6.07) is 14.2. The van der Waals surface area contributed by atoms with Gasteiger partial charge in [-0.15, -0.1) is 0 Å². The summed E-state index contributed by atoms with van der Waals surface area (Å²) in [6.07, 6.45) is 0.297. The van der Waals surface area contributed by atoms with E-state index < -0.39 is 17.6 Å². The number of nitrogens with zero attached hydrogens (tertiary/aromatic N) is 1. The molecule has 0 aliphatic heterocycles. The van der Waals surface area contributed by atoms with Crippen molar-refractivity contribution in [1.82, 2.24) is 0 Å². The van der Waals surface area contributed by atoms with Crippen LogP contribution >= 0.6 is 0 Å². The molecule has 0 bridgehead atoms. The Morgan fingerprint density at radius 1 is 1.00 bits per heavy atom. The summed E-state index contributed by atoms with van der Waals surface area (Å²) in [5.74, 6) is -1.34. The summed E-state index contributed by atoms with van der Waals surface area (Å²) in [6.45, 7) is 0.146. The molecule has 1 unspecified atom stereocenters. The first kappa shape index (κ1) is 14.0. The molecule has 0 fully saturated rings. The Labute approximate surface area is 116 Å². The second-order valence-corrected chi connectivity index (χ2v) is 4.27. The van der Waals surface area contributed by atoms with Crippen LogP contribution in [0.2, 0.25) is 0 Å². The zero-order chi connectivity index (χ0) is 14.4. The molecule has 0 heterocycles. The van der Waals surface area contributed by atoms with E-state index in [2.05, 4.69) is 0 Å². The normalized spacial score (nSPS) is 11.7. The average molecular weight is 273 g/mol. The molecule has 0 saturated carbocycles. The zero-order valence-electron chi connectivity index (χ0n) is 10.7. The van der Waals surface area contributed by atoms with E-state index in [-0.39, 0.29) is 12.4 Å². The quantitative estimate of drug-likeness (QED) is 0.823. The van der Waals surface area contributed by atoms with Gasteiger partial charge < -0.3 is 4.74 Å². The lowest BCUT2D eigenvalue weighted by atomic mass is 9.97. The smallest absolute Gasteiger partial charge is 0.165 e. The summed E-state index contributed by atoms with van der Waals surface area (Å²) in [5.41, 5.74) is 0.340. The van der Waals surface area contributed by atoms with Crippen molar-refractivity contribution < 1.29 is 13.5 Å². The van der Waals surface area contributed by atoms with Crippen LogP contribution in [0, 0.1) is 23.0 Å². The molecule has 0 amide bonds. The van der Waals surface area contributed by atoms with Crippen LogP contribution in [-0.2, 0) is 0 Å². The summed E-state index contributed by atoms with van der Waals surface area (Å²) >= 11 is 0. The maximum absolute atomic E-state index is 13.6. The molecule has 4 heteroatoms. The second kappa shape index (κ2) is 6.67. The van der Waals surface area contributed by atoms with Gasteiger partial charge in [-0.3, -0.25) is 0 Å². The minimum Gasteiger partial charge on any atom is -0.490 e. The van der Waals surface area contributed by atoms with Crippen LogP contribution in [-0.4, -0.2) is 6.61 Å². The van der Waals surface area contributed by atoms with Gasteiger partial charge >= 0.3 is 0 Å². The largest absolute Gasteiger partial charge is 0.490 e. The van der Waals surface area contributed by atoms with E-state index in [0.717, 1.165) is 0 Å². The highest BCUT2D eigenvalue weighted by atomic mass is 19.1. The first-order valence-corrected chi connectivity index (χ1v) is 6.23. The molecule has 1 atom stereocenters. The predicted molar refractivity (Wildman–Crippen MR) is 71.3 cm³/mol. The number of hydrogen-bond acceptors (Lipinski definition) is 2. The SMILES string of the molecule is N#CC(CCOc1ccccc1F)c1ccccc1F. The average Bonchev–Trinajstić information content (AvgIpc) is 2.46. The molecule has 0 aliphatic rings. The molecule has 20 heavy (non-hydrogen) atoms. The first-order chi connectivity index (χ1) is 9.72. The molecule has 0 aromatic heterocycles. The maximum Gasteiger partial charge on any atom is 0.165 e. The van der Waals surface area contributed by atoms with Crippen molar-refractivity contribution in [3.05, 3.63) is 65.7 Å². The van der Waals surface area contributed by atoms with Gasteiger partial charge in [-0.1, -0.05) is 30.3 Å². The van der Waals surface area contributed by atoms with E-state index in [4.69, 9.17) is 10.00 Å². The number of benzene rings is 2. The Morgan fingerprint density at radius 3 is 2.30 bits per heavy atom. The molecule has 2 rings (SSSR count). The van der Waals surface area contributed by atoms with Gasteiger partial charge in [0.1, 0.15) is 5.82 Å². The molecule has 0 radical (unpaired) electrons. The van der Waals surface area contributed by atoms with Gasteiger partial charge in [0.15, 0.2) is 11.6 Å². The number of halogens is 2. The molecule has 2 aromatic carbocycles. The predicted octanol–water partition coefficient (Wildman–Crippen LogP) is 4.04. The molecular weight excluding hydrogens is 260 g/mol. The van der Waals surface area contributed by atoms with Crippen LogP contribution in [0.5, 0.6) is 5.75 Å². The van der Waals surface area contributed by atoms with Gasteiger partial charge in [0, 0.05) is 12.0 Å². The van der Waals surface area contributed by atoms with E-state index in [1.165, 1.54) is 18.2 Å². The van der Waals surface area contributed by atoms with Crippen molar-refractivity contribution in [3.63, 3.8) is 0 Å². The molecule has 2 nitrogen and oxygen atoms in total. The lowest BCUT2D eigenvalue weighted by molar-refractivity contribution is 0.290. The van der Waals surface area contributed by atoms with E-state index in [0.29, 0.717) is 12.0 Å². The third-order valence-corrected chi connectivity index (χ3v) is 2.94. The topological polar surface area (TPSA) is 33.0 Å². The van der Waals surface area contributed by atoms with Crippen LogP contribution in [0.4, 0.5) is 8.78 Å². The minimum absolute atomic E-state index is 0.137. The monoisotopic (exact) mass is 273 g/mol. The highest BCUT2D eigenvalue weighted by Gasteiger charge is 2.15. The Balaban J connectivity index is 1.98. The third kappa shape index (κ3) is 3.33. The van der Waals surface area contributed by atoms with Crippen LogP contribution in [0.3, 0.4) is 0 Å². The summed E-state index contributed by atoms with van der Waals surface area (Å²) in [5, 5.41) is 9.11. The molecule has 0 N–H and O–H groups in total. The second-order valence-electron chi connectivity index (χ2n) is 4.27. The van der Waals surface area contributed by atoms with Crippen LogP contribution in [0.25, 0.3) is 0 Å². The molecule has 2 aromatic rings. The number of ether oxygens (including phenoxy) is 1.